The van der Waals surface area contributed by atoms with Gasteiger partial charge in [0.15, 0.2) is 0 Å². The molecule has 0 spiro atoms. The summed E-state index contributed by atoms with van der Waals surface area (Å²) in [4.78, 5) is 28.2. The van der Waals surface area contributed by atoms with Gasteiger partial charge in [-0.1, -0.05) is 0 Å². The molecule has 1 fully saturated rings. The third kappa shape index (κ3) is 3.97. The lowest BCUT2D eigenvalue weighted by Gasteiger charge is -2.17. The van der Waals surface area contributed by atoms with E-state index in [-0.39, 0.29) is 5.91 Å². The number of aromatic nitrogens is 3. The fourth-order valence-corrected chi connectivity index (χ4v) is 3.18. The molecule has 0 bridgehead atoms. The van der Waals surface area contributed by atoms with Crippen LogP contribution in [0.15, 0.2) is 53.5 Å². The molecule has 7 heteroatoms. The van der Waals surface area contributed by atoms with E-state index in [9.17, 15) is 4.79 Å². The van der Waals surface area contributed by atoms with Crippen LogP contribution in [-0.2, 0) is 6.42 Å². The number of rotatable bonds is 6. The molecule has 3 aromatic rings. The van der Waals surface area contributed by atoms with Gasteiger partial charge in [-0.3, -0.25) is 9.78 Å². The number of carbonyl (C=O) groups excluding carboxylic acids is 1. The Kier molecular flexibility index (Phi) is 5.09. The third-order valence-electron chi connectivity index (χ3n) is 4.58. The summed E-state index contributed by atoms with van der Waals surface area (Å²) in [5.74, 6) is 1.30. The zero-order valence-corrected chi connectivity index (χ0v) is 15.0. The number of amides is 1. The number of hydrogen-bond acceptors (Lipinski definition) is 6. The van der Waals surface area contributed by atoms with Crippen LogP contribution in [0.3, 0.4) is 0 Å². The average Bonchev–Trinajstić information content (AvgIpc) is 3.42. The van der Waals surface area contributed by atoms with Gasteiger partial charge in [-0.2, -0.15) is 0 Å². The Morgan fingerprint density at radius 3 is 2.81 bits per heavy atom. The highest BCUT2D eigenvalue weighted by atomic mass is 16.3. The first-order valence-electron chi connectivity index (χ1n) is 9.14. The fraction of sp³-hybridized carbons (Fsp3) is 0.300. The summed E-state index contributed by atoms with van der Waals surface area (Å²) in [5, 5.41) is 2.92. The van der Waals surface area contributed by atoms with Crippen LogP contribution in [0.1, 0.15) is 29.0 Å². The average molecular weight is 363 g/mol. The zero-order valence-electron chi connectivity index (χ0n) is 15.0. The lowest BCUT2D eigenvalue weighted by molar-refractivity contribution is 0.0953. The number of nitrogens with zero attached hydrogens (tertiary/aromatic N) is 4. The van der Waals surface area contributed by atoms with Gasteiger partial charge >= 0.3 is 0 Å². The molecule has 27 heavy (non-hydrogen) atoms. The molecule has 0 aromatic carbocycles. The van der Waals surface area contributed by atoms with E-state index in [0.29, 0.717) is 30.2 Å². The van der Waals surface area contributed by atoms with Crippen LogP contribution >= 0.6 is 0 Å². The molecule has 3 aromatic heterocycles. The van der Waals surface area contributed by atoms with Gasteiger partial charge in [0.1, 0.15) is 5.76 Å². The van der Waals surface area contributed by atoms with Crippen LogP contribution in [0.2, 0.25) is 0 Å². The molecular formula is C20H21N5O2. The van der Waals surface area contributed by atoms with Gasteiger partial charge in [-0.25, -0.2) is 9.97 Å². The minimum Gasteiger partial charge on any atom is -0.469 e. The van der Waals surface area contributed by atoms with E-state index in [1.807, 2.05) is 24.3 Å². The predicted octanol–water partition coefficient (Wildman–Crippen LogP) is 2.70. The molecule has 7 nitrogen and oxygen atoms in total. The summed E-state index contributed by atoms with van der Waals surface area (Å²) < 4.78 is 5.30. The van der Waals surface area contributed by atoms with E-state index in [2.05, 4.69) is 20.2 Å². The first-order valence-corrected chi connectivity index (χ1v) is 9.14. The van der Waals surface area contributed by atoms with Crippen LogP contribution in [0.5, 0.6) is 0 Å². The highest BCUT2D eigenvalue weighted by molar-refractivity contribution is 5.99. The molecule has 1 amide bonds. The van der Waals surface area contributed by atoms with E-state index < -0.39 is 0 Å². The standard InChI is InChI=1S/C20H21N5O2/c26-19(22-9-7-16-6-4-12-27-16)17-14-23-20(25-10-1-2-11-25)24-18(17)15-5-3-8-21-13-15/h3-6,8,12-14H,1-2,7,9-11H2,(H,22,26). The zero-order chi connectivity index (χ0) is 18.5. The van der Waals surface area contributed by atoms with Crippen molar-refractivity contribution in [3.63, 3.8) is 0 Å². The van der Waals surface area contributed by atoms with E-state index in [4.69, 9.17) is 9.40 Å². The normalized spacial score (nSPS) is 13.7. The Morgan fingerprint density at radius 1 is 1.19 bits per heavy atom. The molecule has 0 saturated carbocycles. The predicted molar refractivity (Wildman–Crippen MR) is 101 cm³/mol. The Hall–Kier alpha value is -3.22. The van der Waals surface area contributed by atoms with Gasteiger partial charge in [0.05, 0.1) is 17.5 Å². The summed E-state index contributed by atoms with van der Waals surface area (Å²) in [6, 6.07) is 7.47. The Morgan fingerprint density at radius 2 is 2.07 bits per heavy atom. The number of anilines is 1. The van der Waals surface area contributed by atoms with E-state index in [1.54, 1.807) is 24.9 Å². The second-order valence-electron chi connectivity index (χ2n) is 6.45. The quantitative estimate of drug-likeness (QED) is 0.725. The molecule has 0 radical (unpaired) electrons. The minimum atomic E-state index is -0.201. The number of pyridine rings is 1. The number of hydrogen-bond donors (Lipinski definition) is 1. The summed E-state index contributed by atoms with van der Waals surface area (Å²) in [6.07, 6.45) is 9.58. The molecule has 1 aliphatic heterocycles. The van der Waals surface area contributed by atoms with Crippen molar-refractivity contribution in [2.45, 2.75) is 19.3 Å². The van der Waals surface area contributed by atoms with Crippen LogP contribution in [0.25, 0.3) is 11.3 Å². The molecule has 0 unspecified atom stereocenters. The van der Waals surface area contributed by atoms with Crippen molar-refractivity contribution in [2.75, 3.05) is 24.5 Å². The number of furan rings is 1. The van der Waals surface area contributed by atoms with Crippen molar-refractivity contribution in [1.82, 2.24) is 20.3 Å². The first kappa shape index (κ1) is 17.2. The maximum Gasteiger partial charge on any atom is 0.255 e. The number of nitrogens with one attached hydrogen (secondary N) is 1. The van der Waals surface area contributed by atoms with E-state index in [1.165, 1.54) is 0 Å². The Bertz CT molecular complexity index is 890. The minimum absolute atomic E-state index is 0.201. The van der Waals surface area contributed by atoms with Crippen LogP contribution in [-0.4, -0.2) is 40.5 Å². The molecule has 4 heterocycles. The lowest BCUT2D eigenvalue weighted by Crippen LogP contribution is -2.27. The van der Waals surface area contributed by atoms with Gasteiger partial charge in [0.2, 0.25) is 5.95 Å². The first-order chi connectivity index (χ1) is 13.3. The van der Waals surface area contributed by atoms with Gasteiger partial charge in [-0.15, -0.1) is 0 Å². The molecule has 0 atom stereocenters. The van der Waals surface area contributed by atoms with Crippen molar-refractivity contribution in [2.24, 2.45) is 0 Å². The highest BCUT2D eigenvalue weighted by Crippen LogP contribution is 2.24. The fourth-order valence-electron chi connectivity index (χ4n) is 3.18. The Balaban J connectivity index is 1.57. The molecule has 0 aliphatic carbocycles. The van der Waals surface area contributed by atoms with Gasteiger partial charge in [0.25, 0.3) is 5.91 Å². The molecule has 1 saturated heterocycles. The summed E-state index contributed by atoms with van der Waals surface area (Å²) in [5.41, 5.74) is 1.86. The molecular weight excluding hydrogens is 342 g/mol. The smallest absolute Gasteiger partial charge is 0.255 e. The van der Waals surface area contributed by atoms with E-state index in [0.717, 1.165) is 37.3 Å². The third-order valence-corrected chi connectivity index (χ3v) is 4.58. The topological polar surface area (TPSA) is 84.2 Å². The SMILES string of the molecule is O=C(NCCc1ccco1)c1cnc(N2CCCC2)nc1-c1cccnc1. The second kappa shape index (κ2) is 7.99. The van der Waals surface area contributed by atoms with Crippen molar-refractivity contribution in [3.05, 3.63) is 60.4 Å². The summed E-state index contributed by atoms with van der Waals surface area (Å²) >= 11 is 0. The highest BCUT2D eigenvalue weighted by Gasteiger charge is 2.20. The summed E-state index contributed by atoms with van der Waals surface area (Å²) in [7, 11) is 0. The largest absolute Gasteiger partial charge is 0.469 e. The maximum absolute atomic E-state index is 12.7. The molecule has 4 rings (SSSR count). The summed E-state index contributed by atoms with van der Waals surface area (Å²) in [6.45, 7) is 2.37. The lowest BCUT2D eigenvalue weighted by atomic mass is 10.1. The van der Waals surface area contributed by atoms with Crippen molar-refractivity contribution >= 4 is 11.9 Å². The van der Waals surface area contributed by atoms with Crippen LogP contribution in [0, 0.1) is 0 Å². The second-order valence-corrected chi connectivity index (χ2v) is 6.45. The molecule has 138 valence electrons. The van der Waals surface area contributed by atoms with Crippen molar-refractivity contribution < 1.29 is 9.21 Å². The van der Waals surface area contributed by atoms with Crippen molar-refractivity contribution in [1.29, 1.82) is 0 Å². The van der Waals surface area contributed by atoms with Gasteiger partial charge in [-0.05, 0) is 37.1 Å². The molecule has 1 N–H and O–H groups in total. The number of carbonyl (C=O) groups is 1. The van der Waals surface area contributed by atoms with E-state index >= 15 is 0 Å². The Labute approximate surface area is 157 Å². The molecule has 1 aliphatic rings. The van der Waals surface area contributed by atoms with Crippen LogP contribution < -0.4 is 10.2 Å². The van der Waals surface area contributed by atoms with Gasteiger partial charge in [0, 0.05) is 50.2 Å². The monoisotopic (exact) mass is 363 g/mol. The van der Waals surface area contributed by atoms with Gasteiger partial charge < -0.3 is 14.6 Å². The van der Waals surface area contributed by atoms with Crippen LogP contribution in [0.4, 0.5) is 5.95 Å². The maximum atomic E-state index is 12.7. The van der Waals surface area contributed by atoms with Crippen molar-refractivity contribution in [3.8, 4) is 11.3 Å².